The molecule has 96 valence electrons. The van der Waals surface area contributed by atoms with Gasteiger partial charge < -0.3 is 0 Å². The number of nitriles is 1. The molecule has 0 spiro atoms. The van der Waals surface area contributed by atoms with E-state index >= 15 is 0 Å². The van der Waals surface area contributed by atoms with E-state index in [0.29, 0.717) is 11.4 Å². The maximum atomic E-state index is 8.93. The molecule has 0 aliphatic heterocycles. The van der Waals surface area contributed by atoms with Gasteiger partial charge in [-0.05, 0) is 24.6 Å². The molecule has 0 bridgehead atoms. The second-order valence-electron chi connectivity index (χ2n) is 4.31. The van der Waals surface area contributed by atoms with Crippen LogP contribution < -0.4 is 0 Å². The number of hydrogen-bond donors (Lipinski definition) is 0. The Kier molecular flexibility index (Phi) is 3.23. The van der Waals surface area contributed by atoms with Gasteiger partial charge in [-0.2, -0.15) is 5.26 Å². The number of nitrogens with zero attached hydrogens (tertiary/aromatic N) is 4. The van der Waals surface area contributed by atoms with Crippen molar-refractivity contribution in [3.63, 3.8) is 0 Å². The van der Waals surface area contributed by atoms with Crippen LogP contribution in [0, 0.1) is 18.3 Å². The van der Waals surface area contributed by atoms with Gasteiger partial charge in [0.1, 0.15) is 0 Å². The van der Waals surface area contributed by atoms with Crippen LogP contribution in [0.3, 0.4) is 0 Å². The summed E-state index contributed by atoms with van der Waals surface area (Å²) in [6.45, 7) is 1.95. The average molecular weight is 278 g/mol. The zero-order chi connectivity index (χ0) is 13.9. The summed E-state index contributed by atoms with van der Waals surface area (Å²) in [5.41, 5.74) is 3.42. The molecule has 0 fully saturated rings. The van der Waals surface area contributed by atoms with E-state index in [1.165, 1.54) is 11.3 Å². The predicted octanol–water partition coefficient (Wildman–Crippen LogP) is 3.45. The van der Waals surface area contributed by atoms with Gasteiger partial charge in [0.05, 0.1) is 17.3 Å². The van der Waals surface area contributed by atoms with E-state index in [1.54, 1.807) is 18.5 Å². The van der Waals surface area contributed by atoms with Crippen LogP contribution in [0.1, 0.15) is 11.1 Å². The van der Waals surface area contributed by atoms with Gasteiger partial charge in [-0.1, -0.05) is 12.1 Å². The minimum atomic E-state index is 0.628. The maximum Gasteiger partial charge on any atom is 0.188 e. The van der Waals surface area contributed by atoms with Gasteiger partial charge in [0.2, 0.25) is 0 Å². The Morgan fingerprint density at radius 1 is 1.20 bits per heavy atom. The monoisotopic (exact) mass is 278 g/mol. The lowest BCUT2D eigenvalue weighted by atomic mass is 10.1. The highest BCUT2D eigenvalue weighted by atomic mass is 32.1. The summed E-state index contributed by atoms with van der Waals surface area (Å²) in [6, 6.07) is 9.54. The first kappa shape index (κ1) is 12.5. The van der Waals surface area contributed by atoms with E-state index in [9.17, 15) is 0 Å². The number of thiazole rings is 1. The Balaban J connectivity index is 1.97. The van der Waals surface area contributed by atoms with E-state index in [4.69, 9.17) is 5.26 Å². The summed E-state index contributed by atoms with van der Waals surface area (Å²) < 4.78 is 0. The van der Waals surface area contributed by atoms with E-state index in [-0.39, 0.29) is 0 Å². The third-order valence-corrected chi connectivity index (χ3v) is 3.60. The minimum absolute atomic E-state index is 0.628. The standard InChI is InChI=1S/C15H10N4S/c1-10-7-17-14(18-8-10)15-19-13(9-20-15)12-4-2-3-11(5-12)6-16/h2-5,7-9H,1H3. The maximum absolute atomic E-state index is 8.93. The van der Waals surface area contributed by atoms with Crippen LogP contribution in [0.2, 0.25) is 0 Å². The van der Waals surface area contributed by atoms with Crippen molar-refractivity contribution in [3.05, 3.63) is 53.2 Å². The van der Waals surface area contributed by atoms with Gasteiger partial charge in [0.25, 0.3) is 0 Å². The van der Waals surface area contributed by atoms with E-state index in [2.05, 4.69) is 21.0 Å². The van der Waals surface area contributed by atoms with Crippen LogP contribution >= 0.6 is 11.3 Å². The predicted molar refractivity (Wildman–Crippen MR) is 78.0 cm³/mol. The topological polar surface area (TPSA) is 62.5 Å². The highest BCUT2D eigenvalue weighted by Crippen LogP contribution is 2.27. The van der Waals surface area contributed by atoms with Gasteiger partial charge in [-0.15, -0.1) is 11.3 Å². The molecule has 0 unspecified atom stereocenters. The van der Waals surface area contributed by atoms with Gasteiger partial charge in [-0.25, -0.2) is 15.0 Å². The zero-order valence-corrected chi connectivity index (χ0v) is 11.6. The molecular formula is C15H10N4S. The largest absolute Gasteiger partial charge is 0.234 e. The fourth-order valence-corrected chi connectivity index (χ4v) is 2.53. The molecule has 2 heterocycles. The average Bonchev–Trinajstić information content (AvgIpc) is 2.98. The second-order valence-corrected chi connectivity index (χ2v) is 5.17. The Morgan fingerprint density at radius 2 is 2.00 bits per heavy atom. The third kappa shape index (κ3) is 2.42. The van der Waals surface area contributed by atoms with Gasteiger partial charge in [0, 0.05) is 23.3 Å². The summed E-state index contributed by atoms with van der Waals surface area (Å²) in [5, 5.41) is 11.7. The van der Waals surface area contributed by atoms with Crippen molar-refractivity contribution in [1.82, 2.24) is 15.0 Å². The molecule has 0 radical (unpaired) electrons. The molecule has 3 aromatic rings. The van der Waals surface area contributed by atoms with Gasteiger partial charge in [0.15, 0.2) is 10.8 Å². The quantitative estimate of drug-likeness (QED) is 0.720. The fraction of sp³-hybridized carbons (Fsp3) is 0.0667. The molecule has 3 rings (SSSR count). The number of aromatic nitrogens is 3. The number of aryl methyl sites for hydroxylation is 1. The molecule has 1 aromatic carbocycles. The molecule has 0 aliphatic rings. The molecular weight excluding hydrogens is 268 g/mol. The Bertz CT molecular complexity index is 784. The van der Waals surface area contributed by atoms with Crippen LogP contribution in [0.15, 0.2) is 42.0 Å². The fourth-order valence-electron chi connectivity index (χ4n) is 1.76. The number of benzene rings is 1. The normalized spacial score (nSPS) is 10.2. The molecule has 20 heavy (non-hydrogen) atoms. The van der Waals surface area contributed by atoms with Crippen LogP contribution in [0.4, 0.5) is 0 Å². The molecule has 0 N–H and O–H groups in total. The van der Waals surface area contributed by atoms with Crippen molar-refractivity contribution in [2.24, 2.45) is 0 Å². The minimum Gasteiger partial charge on any atom is -0.234 e. The smallest absolute Gasteiger partial charge is 0.188 e. The summed E-state index contributed by atoms with van der Waals surface area (Å²) in [6.07, 6.45) is 3.55. The lowest BCUT2D eigenvalue weighted by Crippen LogP contribution is -1.88. The molecule has 4 nitrogen and oxygen atoms in total. The van der Waals surface area contributed by atoms with Crippen LogP contribution in [0.5, 0.6) is 0 Å². The summed E-state index contributed by atoms with van der Waals surface area (Å²) in [5.74, 6) is 0.628. The summed E-state index contributed by atoms with van der Waals surface area (Å²) in [7, 11) is 0. The van der Waals surface area contributed by atoms with Crippen molar-refractivity contribution in [3.8, 4) is 28.2 Å². The third-order valence-electron chi connectivity index (χ3n) is 2.76. The van der Waals surface area contributed by atoms with E-state index in [0.717, 1.165) is 21.8 Å². The number of hydrogen-bond acceptors (Lipinski definition) is 5. The van der Waals surface area contributed by atoms with Gasteiger partial charge >= 0.3 is 0 Å². The second kappa shape index (κ2) is 5.19. The molecule has 0 saturated heterocycles. The first-order valence-corrected chi connectivity index (χ1v) is 6.89. The van der Waals surface area contributed by atoms with Crippen molar-refractivity contribution >= 4 is 11.3 Å². The summed E-state index contributed by atoms with van der Waals surface area (Å²) >= 11 is 1.50. The van der Waals surface area contributed by atoms with E-state index in [1.807, 2.05) is 30.5 Å². The van der Waals surface area contributed by atoms with Gasteiger partial charge in [-0.3, -0.25) is 0 Å². The van der Waals surface area contributed by atoms with Crippen LogP contribution in [-0.4, -0.2) is 15.0 Å². The van der Waals surface area contributed by atoms with Crippen molar-refractivity contribution in [1.29, 1.82) is 5.26 Å². The molecule has 2 aromatic heterocycles. The Morgan fingerprint density at radius 3 is 2.75 bits per heavy atom. The van der Waals surface area contributed by atoms with E-state index < -0.39 is 0 Å². The molecule has 0 saturated carbocycles. The van der Waals surface area contributed by atoms with Crippen molar-refractivity contribution < 1.29 is 0 Å². The lowest BCUT2D eigenvalue weighted by molar-refractivity contribution is 1.13. The zero-order valence-electron chi connectivity index (χ0n) is 10.7. The van der Waals surface area contributed by atoms with Crippen LogP contribution in [-0.2, 0) is 0 Å². The summed E-state index contributed by atoms with van der Waals surface area (Å²) in [4.78, 5) is 13.1. The van der Waals surface area contributed by atoms with Crippen LogP contribution in [0.25, 0.3) is 22.1 Å². The highest BCUT2D eigenvalue weighted by Gasteiger charge is 2.09. The first-order chi connectivity index (χ1) is 9.76. The SMILES string of the molecule is Cc1cnc(-c2nc(-c3cccc(C#N)c3)cs2)nc1. The Labute approximate surface area is 120 Å². The molecule has 0 aliphatic carbocycles. The molecule has 0 amide bonds. The highest BCUT2D eigenvalue weighted by molar-refractivity contribution is 7.13. The molecule has 5 heteroatoms. The lowest BCUT2D eigenvalue weighted by Gasteiger charge is -1.97. The first-order valence-electron chi connectivity index (χ1n) is 6.01. The van der Waals surface area contributed by atoms with Crippen molar-refractivity contribution in [2.75, 3.05) is 0 Å². The van der Waals surface area contributed by atoms with Crippen molar-refractivity contribution in [2.45, 2.75) is 6.92 Å². The molecule has 0 atom stereocenters. The number of rotatable bonds is 2. The Hall–Kier alpha value is -2.58.